The van der Waals surface area contributed by atoms with Crippen LogP contribution in [-0.4, -0.2) is 30.2 Å². The molecule has 1 atom stereocenters. The summed E-state index contributed by atoms with van der Waals surface area (Å²) in [4.78, 5) is 44.3. The zero-order valence-electron chi connectivity index (χ0n) is 20.2. The van der Waals surface area contributed by atoms with E-state index < -0.39 is 18.0 Å². The quantitative estimate of drug-likeness (QED) is 0.348. The summed E-state index contributed by atoms with van der Waals surface area (Å²) in [5, 5.41) is 1.91. The zero-order chi connectivity index (χ0) is 26.1. The maximum Gasteiger partial charge on any atom is 0.338 e. The van der Waals surface area contributed by atoms with Gasteiger partial charge < -0.3 is 13.9 Å². The second kappa shape index (κ2) is 10.2. The van der Waals surface area contributed by atoms with Gasteiger partial charge in [-0.25, -0.2) is 14.6 Å². The highest BCUT2D eigenvalue weighted by Gasteiger charge is 2.33. The van der Waals surface area contributed by atoms with Crippen molar-refractivity contribution in [3.05, 3.63) is 101 Å². The van der Waals surface area contributed by atoms with E-state index in [1.54, 1.807) is 54.8 Å². The number of furan rings is 1. The number of nitrogens with zero attached hydrogens (tertiary/aromatic N) is 2. The summed E-state index contributed by atoms with van der Waals surface area (Å²) < 4.78 is 18.0. The highest BCUT2D eigenvalue weighted by atomic mass is 32.1. The Hall–Kier alpha value is -4.02. The minimum absolute atomic E-state index is 0.223. The van der Waals surface area contributed by atoms with Crippen LogP contribution in [0.15, 0.2) is 79.4 Å². The zero-order valence-corrected chi connectivity index (χ0v) is 21.9. The van der Waals surface area contributed by atoms with Crippen molar-refractivity contribution in [2.45, 2.75) is 19.9 Å². The molecule has 0 saturated heterocycles. The van der Waals surface area contributed by atoms with Crippen molar-refractivity contribution < 1.29 is 23.5 Å². The number of hydrogen-bond acceptors (Lipinski definition) is 9. The van der Waals surface area contributed by atoms with Gasteiger partial charge in [0, 0.05) is 16.5 Å². The number of thiophene rings is 1. The normalized spacial score (nSPS) is 15.3. The Kier molecular flexibility index (Phi) is 6.77. The maximum atomic E-state index is 13.6. The standard InChI is InChI=1S/C27H22N2O6S2/c1-4-34-26(32)22-15(2)28-27-29(23(22)20-9-6-12-36-20)24(30)21(37-27)14-18-10-11-19(35-18)16-7-5-8-17(13-16)25(31)33-3/h5-14,23H,4H2,1-3H3/b21-14+. The molecule has 0 fully saturated rings. The van der Waals surface area contributed by atoms with Crippen molar-refractivity contribution in [1.82, 2.24) is 4.57 Å². The van der Waals surface area contributed by atoms with Crippen LogP contribution >= 0.6 is 22.7 Å². The van der Waals surface area contributed by atoms with Gasteiger partial charge in [-0.05, 0) is 49.6 Å². The van der Waals surface area contributed by atoms with Gasteiger partial charge in [0.05, 0.1) is 35.1 Å². The number of allylic oxidation sites excluding steroid dienone is 1. The van der Waals surface area contributed by atoms with Crippen LogP contribution in [0, 0.1) is 0 Å². The number of ether oxygens (including phenoxy) is 2. The number of carbonyl (C=O) groups excluding carboxylic acids is 2. The number of thiazole rings is 1. The molecule has 4 aromatic rings. The molecule has 10 heteroatoms. The van der Waals surface area contributed by atoms with Gasteiger partial charge in [0.2, 0.25) is 0 Å². The minimum atomic E-state index is -0.620. The van der Waals surface area contributed by atoms with E-state index in [9.17, 15) is 14.4 Å². The Bertz CT molecular complexity index is 1710. The van der Waals surface area contributed by atoms with E-state index in [1.165, 1.54) is 29.8 Å². The van der Waals surface area contributed by atoms with Crippen LogP contribution in [0.4, 0.5) is 0 Å². The first-order valence-corrected chi connectivity index (χ1v) is 13.1. The van der Waals surface area contributed by atoms with E-state index in [0.717, 1.165) is 4.88 Å². The Morgan fingerprint density at radius 3 is 2.73 bits per heavy atom. The number of rotatable bonds is 6. The van der Waals surface area contributed by atoms with Crippen molar-refractivity contribution in [1.29, 1.82) is 0 Å². The van der Waals surface area contributed by atoms with Gasteiger partial charge in [-0.1, -0.05) is 29.5 Å². The molecule has 5 rings (SSSR count). The Balaban J connectivity index is 1.58. The van der Waals surface area contributed by atoms with Gasteiger partial charge in [-0.15, -0.1) is 11.3 Å². The number of esters is 2. The summed E-state index contributed by atoms with van der Waals surface area (Å²) in [5.74, 6) is 0.0910. The van der Waals surface area contributed by atoms with Gasteiger partial charge in [0.15, 0.2) is 4.80 Å². The predicted molar refractivity (Wildman–Crippen MR) is 140 cm³/mol. The third kappa shape index (κ3) is 4.61. The van der Waals surface area contributed by atoms with E-state index in [0.29, 0.717) is 43.3 Å². The van der Waals surface area contributed by atoms with Crippen LogP contribution in [0.2, 0.25) is 0 Å². The third-order valence-electron chi connectivity index (χ3n) is 5.80. The molecule has 0 N–H and O–H groups in total. The fraction of sp³-hybridized carbons (Fsp3) is 0.185. The molecule has 188 valence electrons. The Morgan fingerprint density at radius 2 is 2.00 bits per heavy atom. The summed E-state index contributed by atoms with van der Waals surface area (Å²) >= 11 is 2.69. The lowest BCUT2D eigenvalue weighted by molar-refractivity contribution is -0.139. The van der Waals surface area contributed by atoms with Crippen LogP contribution in [-0.2, 0) is 14.3 Å². The molecular formula is C27H22N2O6S2. The highest BCUT2D eigenvalue weighted by Crippen LogP contribution is 2.33. The van der Waals surface area contributed by atoms with Crippen LogP contribution in [0.3, 0.4) is 0 Å². The Labute approximate surface area is 219 Å². The minimum Gasteiger partial charge on any atom is -0.465 e. The summed E-state index contributed by atoms with van der Waals surface area (Å²) in [5.41, 5.74) is 1.72. The first kappa shape index (κ1) is 24.7. The summed E-state index contributed by atoms with van der Waals surface area (Å²) in [6.07, 6.45) is 1.66. The van der Waals surface area contributed by atoms with Crippen molar-refractivity contribution in [3.8, 4) is 11.3 Å². The predicted octanol–water partition coefficient (Wildman–Crippen LogP) is 3.91. The van der Waals surface area contributed by atoms with E-state index in [2.05, 4.69) is 4.99 Å². The van der Waals surface area contributed by atoms with E-state index >= 15 is 0 Å². The molecule has 4 heterocycles. The number of benzene rings is 1. The number of hydrogen-bond donors (Lipinski definition) is 0. The van der Waals surface area contributed by atoms with Gasteiger partial charge >= 0.3 is 11.9 Å². The van der Waals surface area contributed by atoms with E-state index in [4.69, 9.17) is 13.9 Å². The fourth-order valence-corrected chi connectivity index (χ4v) is 5.99. The van der Waals surface area contributed by atoms with Crippen LogP contribution in [0.5, 0.6) is 0 Å². The molecule has 1 aromatic carbocycles. The molecule has 1 unspecified atom stereocenters. The lowest BCUT2D eigenvalue weighted by atomic mass is 10.0. The molecule has 1 aliphatic rings. The second-order valence-corrected chi connectivity index (χ2v) is 10.1. The molecule has 0 amide bonds. The van der Waals surface area contributed by atoms with Gasteiger partial charge in [-0.3, -0.25) is 9.36 Å². The van der Waals surface area contributed by atoms with Crippen molar-refractivity contribution in [2.24, 2.45) is 4.99 Å². The van der Waals surface area contributed by atoms with Crippen LogP contribution in [0.1, 0.15) is 40.9 Å². The molecule has 0 aliphatic carbocycles. The van der Waals surface area contributed by atoms with Crippen LogP contribution < -0.4 is 14.9 Å². The van der Waals surface area contributed by atoms with Crippen molar-refractivity contribution >= 4 is 40.7 Å². The summed E-state index contributed by atoms with van der Waals surface area (Å²) in [7, 11) is 1.33. The molecule has 0 saturated carbocycles. The molecule has 8 nitrogen and oxygen atoms in total. The van der Waals surface area contributed by atoms with E-state index in [-0.39, 0.29) is 12.2 Å². The summed E-state index contributed by atoms with van der Waals surface area (Å²) in [6, 6.07) is 13.6. The van der Waals surface area contributed by atoms with Gasteiger partial charge in [0.25, 0.3) is 5.56 Å². The molecule has 3 aromatic heterocycles. The average molecular weight is 535 g/mol. The number of fused-ring (bicyclic) bond motifs is 1. The Morgan fingerprint density at radius 1 is 1.16 bits per heavy atom. The van der Waals surface area contributed by atoms with Crippen molar-refractivity contribution in [2.75, 3.05) is 13.7 Å². The molecule has 0 spiro atoms. The highest BCUT2D eigenvalue weighted by molar-refractivity contribution is 7.10. The molecule has 0 bridgehead atoms. The lowest BCUT2D eigenvalue weighted by Crippen LogP contribution is -2.39. The smallest absolute Gasteiger partial charge is 0.338 e. The first-order valence-electron chi connectivity index (χ1n) is 11.4. The second-order valence-electron chi connectivity index (χ2n) is 8.09. The first-order chi connectivity index (χ1) is 17.9. The van der Waals surface area contributed by atoms with Gasteiger partial charge in [-0.2, -0.15) is 0 Å². The molecule has 37 heavy (non-hydrogen) atoms. The lowest BCUT2D eigenvalue weighted by Gasteiger charge is -2.23. The average Bonchev–Trinajstić information content (AvgIpc) is 3.65. The molecule has 0 radical (unpaired) electrons. The van der Waals surface area contributed by atoms with Crippen LogP contribution in [0.25, 0.3) is 17.4 Å². The molecule has 1 aliphatic heterocycles. The van der Waals surface area contributed by atoms with Gasteiger partial charge in [0.1, 0.15) is 17.6 Å². The number of aromatic nitrogens is 1. The molecular weight excluding hydrogens is 512 g/mol. The summed E-state index contributed by atoms with van der Waals surface area (Å²) in [6.45, 7) is 3.72. The third-order valence-corrected chi connectivity index (χ3v) is 7.71. The van der Waals surface area contributed by atoms with Crippen molar-refractivity contribution in [3.63, 3.8) is 0 Å². The van der Waals surface area contributed by atoms with E-state index in [1.807, 2.05) is 23.6 Å². The number of carbonyl (C=O) groups is 2. The fourth-order valence-electron chi connectivity index (χ4n) is 4.14. The monoisotopic (exact) mass is 534 g/mol. The SMILES string of the molecule is CCOC(=O)C1=C(C)N=c2s/c(=C/c3ccc(-c4cccc(C(=O)OC)c4)o3)c(=O)n2C1c1cccs1. The maximum absolute atomic E-state index is 13.6. The number of methoxy groups -OCH3 is 1. The topological polar surface area (TPSA) is 100 Å². The largest absolute Gasteiger partial charge is 0.465 e.